The summed E-state index contributed by atoms with van der Waals surface area (Å²) < 4.78 is 0. The van der Waals surface area contributed by atoms with Crippen molar-refractivity contribution in [2.45, 2.75) is 38.6 Å². The standard InChI is InChI=1S/C15H22N2O/c1-11(8-15(16)18)17-7-6-12-9-13-4-2-3-5-14(13)10-12/h2-5,11-12,17H,6-10H2,1H3,(H2,16,18). The molecule has 1 aromatic rings. The predicted octanol–water partition coefficient (Wildman–Crippen LogP) is 1.64. The van der Waals surface area contributed by atoms with Gasteiger partial charge in [-0.2, -0.15) is 0 Å². The molecule has 1 atom stereocenters. The van der Waals surface area contributed by atoms with Gasteiger partial charge in [0.2, 0.25) is 5.91 Å². The lowest BCUT2D eigenvalue weighted by Gasteiger charge is -2.14. The van der Waals surface area contributed by atoms with Gasteiger partial charge < -0.3 is 11.1 Å². The highest BCUT2D eigenvalue weighted by atomic mass is 16.1. The molecule has 0 bridgehead atoms. The van der Waals surface area contributed by atoms with Gasteiger partial charge >= 0.3 is 0 Å². The van der Waals surface area contributed by atoms with Crippen molar-refractivity contribution in [3.8, 4) is 0 Å². The van der Waals surface area contributed by atoms with E-state index >= 15 is 0 Å². The van der Waals surface area contributed by atoms with E-state index in [2.05, 4.69) is 29.6 Å². The second-order valence-electron chi connectivity index (χ2n) is 5.36. The monoisotopic (exact) mass is 246 g/mol. The Bertz CT molecular complexity index is 392. The average Bonchev–Trinajstić information content (AvgIpc) is 2.70. The van der Waals surface area contributed by atoms with Crippen LogP contribution in [-0.4, -0.2) is 18.5 Å². The van der Waals surface area contributed by atoms with Crippen LogP contribution in [0, 0.1) is 5.92 Å². The third kappa shape index (κ3) is 3.57. The van der Waals surface area contributed by atoms with Crippen LogP contribution in [-0.2, 0) is 17.6 Å². The molecule has 0 saturated carbocycles. The van der Waals surface area contributed by atoms with Crippen LogP contribution in [0.5, 0.6) is 0 Å². The third-order valence-electron chi connectivity index (χ3n) is 3.69. The van der Waals surface area contributed by atoms with E-state index < -0.39 is 0 Å². The summed E-state index contributed by atoms with van der Waals surface area (Å²) in [5.74, 6) is 0.513. The Kier molecular flexibility index (Phi) is 4.37. The van der Waals surface area contributed by atoms with Crippen LogP contribution >= 0.6 is 0 Å². The Hall–Kier alpha value is -1.35. The summed E-state index contributed by atoms with van der Waals surface area (Å²) in [5.41, 5.74) is 8.18. The van der Waals surface area contributed by atoms with E-state index in [1.165, 1.54) is 24.0 Å². The summed E-state index contributed by atoms with van der Waals surface area (Å²) in [6.45, 7) is 2.97. The van der Waals surface area contributed by atoms with Gasteiger partial charge in [0.05, 0.1) is 0 Å². The molecule has 3 heteroatoms. The second-order valence-corrected chi connectivity index (χ2v) is 5.36. The van der Waals surface area contributed by atoms with Crippen molar-refractivity contribution in [1.29, 1.82) is 0 Å². The molecule has 2 rings (SSSR count). The molecule has 1 aromatic carbocycles. The first-order valence-corrected chi connectivity index (χ1v) is 6.73. The maximum absolute atomic E-state index is 10.8. The lowest BCUT2D eigenvalue weighted by atomic mass is 10.0. The molecule has 1 unspecified atom stereocenters. The van der Waals surface area contributed by atoms with E-state index in [1.807, 2.05) is 6.92 Å². The molecule has 0 saturated heterocycles. The van der Waals surface area contributed by atoms with Crippen molar-refractivity contribution in [1.82, 2.24) is 5.32 Å². The van der Waals surface area contributed by atoms with Crippen LogP contribution in [0.3, 0.4) is 0 Å². The molecular formula is C15H22N2O. The van der Waals surface area contributed by atoms with Crippen LogP contribution in [0.1, 0.15) is 30.9 Å². The number of hydrogen-bond donors (Lipinski definition) is 2. The van der Waals surface area contributed by atoms with Gasteiger partial charge in [-0.05, 0) is 49.8 Å². The summed E-state index contributed by atoms with van der Waals surface area (Å²) >= 11 is 0. The fourth-order valence-corrected chi connectivity index (χ4v) is 2.76. The SMILES string of the molecule is CC(CC(N)=O)NCCC1Cc2ccccc2C1. The molecule has 0 aromatic heterocycles. The van der Waals surface area contributed by atoms with E-state index in [0.717, 1.165) is 18.9 Å². The number of fused-ring (bicyclic) bond motifs is 1. The zero-order chi connectivity index (χ0) is 13.0. The van der Waals surface area contributed by atoms with Gasteiger partial charge in [0.25, 0.3) is 0 Å². The number of carbonyl (C=O) groups is 1. The number of hydrogen-bond acceptors (Lipinski definition) is 2. The summed E-state index contributed by atoms with van der Waals surface area (Å²) in [5, 5.41) is 3.37. The van der Waals surface area contributed by atoms with Gasteiger partial charge in [0, 0.05) is 12.5 Å². The van der Waals surface area contributed by atoms with E-state index in [0.29, 0.717) is 6.42 Å². The molecule has 1 aliphatic carbocycles. The van der Waals surface area contributed by atoms with Crippen molar-refractivity contribution in [3.63, 3.8) is 0 Å². The summed E-state index contributed by atoms with van der Waals surface area (Å²) in [6, 6.07) is 8.89. The van der Waals surface area contributed by atoms with Crippen molar-refractivity contribution in [3.05, 3.63) is 35.4 Å². The fraction of sp³-hybridized carbons (Fsp3) is 0.533. The van der Waals surface area contributed by atoms with Crippen molar-refractivity contribution < 1.29 is 4.79 Å². The first-order valence-electron chi connectivity index (χ1n) is 6.73. The Morgan fingerprint density at radius 3 is 2.56 bits per heavy atom. The zero-order valence-electron chi connectivity index (χ0n) is 11.0. The van der Waals surface area contributed by atoms with Crippen LogP contribution in [0.25, 0.3) is 0 Å². The molecule has 3 nitrogen and oxygen atoms in total. The minimum atomic E-state index is -0.233. The summed E-state index contributed by atoms with van der Waals surface area (Å²) in [6.07, 6.45) is 3.98. The Morgan fingerprint density at radius 2 is 2.00 bits per heavy atom. The van der Waals surface area contributed by atoms with Crippen LogP contribution in [0.2, 0.25) is 0 Å². The molecule has 0 spiro atoms. The van der Waals surface area contributed by atoms with Crippen LogP contribution in [0.15, 0.2) is 24.3 Å². The van der Waals surface area contributed by atoms with Gasteiger partial charge in [0.1, 0.15) is 0 Å². The summed E-state index contributed by atoms with van der Waals surface area (Å²) in [4.78, 5) is 10.8. The molecule has 98 valence electrons. The minimum Gasteiger partial charge on any atom is -0.370 e. The molecule has 18 heavy (non-hydrogen) atoms. The molecule has 3 N–H and O–H groups in total. The Balaban J connectivity index is 1.69. The zero-order valence-corrected chi connectivity index (χ0v) is 11.0. The van der Waals surface area contributed by atoms with Gasteiger partial charge in [-0.15, -0.1) is 0 Å². The van der Waals surface area contributed by atoms with Gasteiger partial charge in [-0.3, -0.25) is 4.79 Å². The molecule has 0 fully saturated rings. The van der Waals surface area contributed by atoms with Gasteiger partial charge in [0.15, 0.2) is 0 Å². The average molecular weight is 246 g/mol. The molecule has 0 heterocycles. The highest BCUT2D eigenvalue weighted by Crippen LogP contribution is 2.28. The van der Waals surface area contributed by atoms with E-state index in [4.69, 9.17) is 5.73 Å². The van der Waals surface area contributed by atoms with Crippen LogP contribution < -0.4 is 11.1 Å². The smallest absolute Gasteiger partial charge is 0.218 e. The van der Waals surface area contributed by atoms with Crippen molar-refractivity contribution in [2.24, 2.45) is 11.7 Å². The molecular weight excluding hydrogens is 224 g/mol. The molecule has 0 aliphatic heterocycles. The van der Waals surface area contributed by atoms with Crippen molar-refractivity contribution >= 4 is 5.91 Å². The number of rotatable bonds is 6. The maximum Gasteiger partial charge on any atom is 0.218 e. The van der Waals surface area contributed by atoms with Crippen LogP contribution in [0.4, 0.5) is 0 Å². The number of amides is 1. The van der Waals surface area contributed by atoms with Crippen molar-refractivity contribution in [2.75, 3.05) is 6.54 Å². The quantitative estimate of drug-likeness (QED) is 0.802. The lowest BCUT2D eigenvalue weighted by Crippen LogP contribution is -2.32. The first kappa shape index (κ1) is 13.1. The number of primary amides is 1. The van der Waals surface area contributed by atoms with Gasteiger partial charge in [-0.25, -0.2) is 0 Å². The third-order valence-corrected chi connectivity index (χ3v) is 3.69. The Morgan fingerprint density at radius 1 is 1.39 bits per heavy atom. The number of benzene rings is 1. The van der Waals surface area contributed by atoms with E-state index in [9.17, 15) is 4.79 Å². The lowest BCUT2D eigenvalue weighted by molar-refractivity contribution is -0.118. The predicted molar refractivity (Wildman–Crippen MR) is 73.2 cm³/mol. The minimum absolute atomic E-state index is 0.186. The number of nitrogens with two attached hydrogens (primary N) is 1. The highest BCUT2D eigenvalue weighted by Gasteiger charge is 2.20. The molecule has 1 aliphatic rings. The Labute approximate surface area is 109 Å². The topological polar surface area (TPSA) is 55.1 Å². The summed E-state index contributed by atoms with van der Waals surface area (Å²) in [7, 11) is 0. The molecule has 1 amide bonds. The molecule has 0 radical (unpaired) electrons. The second kappa shape index (κ2) is 6.01. The van der Waals surface area contributed by atoms with E-state index in [1.54, 1.807) is 0 Å². The first-order chi connectivity index (χ1) is 8.65. The highest BCUT2D eigenvalue weighted by molar-refractivity contribution is 5.74. The van der Waals surface area contributed by atoms with E-state index in [-0.39, 0.29) is 11.9 Å². The van der Waals surface area contributed by atoms with Gasteiger partial charge in [-0.1, -0.05) is 24.3 Å². The normalized spacial score (nSPS) is 16.5. The number of carbonyl (C=O) groups excluding carboxylic acids is 1. The largest absolute Gasteiger partial charge is 0.370 e. The fourth-order valence-electron chi connectivity index (χ4n) is 2.76. The maximum atomic E-state index is 10.8. The number of nitrogens with one attached hydrogen (secondary N) is 1.